The smallest absolute Gasteiger partial charge is 0.222 e. The number of rotatable bonds is 7. The summed E-state index contributed by atoms with van der Waals surface area (Å²) in [7, 11) is 1.57. The van der Waals surface area contributed by atoms with Gasteiger partial charge in [0.1, 0.15) is 5.15 Å². The van der Waals surface area contributed by atoms with E-state index in [4.69, 9.17) is 16.3 Å². The van der Waals surface area contributed by atoms with E-state index in [-0.39, 0.29) is 23.8 Å². The van der Waals surface area contributed by atoms with E-state index in [1.807, 2.05) is 0 Å². The number of methoxy groups -OCH3 is 1. The molecule has 7 heteroatoms. The summed E-state index contributed by atoms with van der Waals surface area (Å²) in [6, 6.07) is 1.70. The van der Waals surface area contributed by atoms with Crippen LogP contribution in [0.25, 0.3) is 10.8 Å². The molecule has 5 nitrogen and oxygen atoms in total. The second kappa shape index (κ2) is 8.04. The highest BCUT2D eigenvalue weighted by molar-refractivity contribution is 7.63. The van der Waals surface area contributed by atoms with Crippen LogP contribution in [0.1, 0.15) is 38.8 Å². The summed E-state index contributed by atoms with van der Waals surface area (Å²) in [6.45, 7) is 6.49. The zero-order valence-corrected chi connectivity index (χ0v) is 15.4. The van der Waals surface area contributed by atoms with Crippen LogP contribution < -0.4 is 9.46 Å². The number of fused-ring (bicyclic) bond motifs is 1. The molecular weight excluding hydrogens is 334 g/mol. The minimum atomic E-state index is -0.107. The number of hydrogen-bond donors (Lipinski definition) is 2. The molecule has 2 aromatic heterocycles. The van der Waals surface area contributed by atoms with Crippen LogP contribution in [0.4, 0.5) is 0 Å². The molecule has 2 atom stereocenters. The maximum absolute atomic E-state index is 11.2. The molecule has 0 bridgehead atoms. The Hall–Kier alpha value is -1.24. The van der Waals surface area contributed by atoms with Crippen LogP contribution in [0, 0.1) is 11.8 Å². The van der Waals surface area contributed by atoms with Gasteiger partial charge in [0.2, 0.25) is 5.88 Å². The number of aromatic nitrogens is 2. The molecule has 23 heavy (non-hydrogen) atoms. The van der Waals surface area contributed by atoms with Crippen molar-refractivity contribution in [1.29, 1.82) is 0 Å². The number of thiol groups is 1. The molecule has 1 N–H and O–H groups in total. The molecule has 2 heterocycles. The van der Waals surface area contributed by atoms with Crippen LogP contribution in [-0.4, -0.2) is 21.3 Å². The molecule has 0 aromatic carbocycles. The quantitative estimate of drug-likeness (QED) is 0.589. The Kier molecular flexibility index (Phi) is 6.33. The van der Waals surface area contributed by atoms with E-state index in [0.717, 1.165) is 22.8 Å². The minimum Gasteiger partial charge on any atom is -0.481 e. The van der Waals surface area contributed by atoms with Gasteiger partial charge in [-0.05, 0) is 35.3 Å². The minimum absolute atomic E-state index is 0.101. The lowest BCUT2D eigenvalue weighted by Crippen LogP contribution is -2.25. The number of ether oxygens (including phenoxy) is 1. The zero-order valence-electron chi connectivity index (χ0n) is 13.7. The topological polar surface area (TPSA) is 64.1 Å². The molecular formula is C16H22ClN3O2S. The van der Waals surface area contributed by atoms with Crippen molar-refractivity contribution in [3.8, 4) is 5.88 Å². The molecule has 2 aromatic rings. The first-order valence-corrected chi connectivity index (χ1v) is 8.73. The van der Waals surface area contributed by atoms with Gasteiger partial charge in [-0.2, -0.15) is 0 Å². The van der Waals surface area contributed by atoms with E-state index in [0.29, 0.717) is 17.0 Å². The van der Waals surface area contributed by atoms with Gasteiger partial charge in [-0.15, -0.1) is 0 Å². The monoisotopic (exact) mass is 355 g/mol. The molecule has 0 spiro atoms. The van der Waals surface area contributed by atoms with Crippen LogP contribution in [-0.2, 0) is 11.9 Å². The van der Waals surface area contributed by atoms with Gasteiger partial charge >= 0.3 is 0 Å². The molecule has 126 valence electrons. The predicted molar refractivity (Wildman–Crippen MR) is 95.1 cm³/mol. The van der Waals surface area contributed by atoms with Crippen LogP contribution in [0.3, 0.4) is 0 Å². The molecule has 0 amide bonds. The second-order valence-corrected chi connectivity index (χ2v) is 6.91. The second-order valence-electron chi connectivity index (χ2n) is 6.08. The number of nitrogens with zero attached hydrogens (tertiary/aromatic N) is 2. The maximum Gasteiger partial charge on any atom is 0.222 e. The summed E-state index contributed by atoms with van der Waals surface area (Å²) < 4.78 is 19.5. The van der Waals surface area contributed by atoms with E-state index in [2.05, 4.69) is 35.5 Å². The Labute approximate surface area is 145 Å². The van der Waals surface area contributed by atoms with Crippen LogP contribution in [0.5, 0.6) is 5.88 Å². The predicted octanol–water partition coefficient (Wildman–Crippen LogP) is 3.47. The maximum atomic E-state index is 11.2. The molecule has 0 radical (unpaired) electrons. The largest absolute Gasteiger partial charge is 0.481 e. The molecule has 0 fully saturated rings. The average molecular weight is 356 g/mol. The Bertz CT molecular complexity index is 696. The highest BCUT2D eigenvalue weighted by atomic mass is 35.5. The Morgan fingerprint density at radius 1 is 1.26 bits per heavy atom. The van der Waals surface area contributed by atoms with Gasteiger partial charge in [0.05, 0.1) is 24.3 Å². The molecule has 0 aliphatic rings. The van der Waals surface area contributed by atoms with Crippen LogP contribution >= 0.6 is 11.6 Å². The fourth-order valence-electron chi connectivity index (χ4n) is 2.96. The Morgan fingerprint density at radius 2 is 2.00 bits per heavy atom. The molecule has 0 aliphatic carbocycles. The van der Waals surface area contributed by atoms with Gasteiger partial charge in [0.25, 0.3) is 0 Å². The molecule has 1 unspecified atom stereocenters. The van der Waals surface area contributed by atoms with Crippen molar-refractivity contribution >= 4 is 34.2 Å². The molecule has 0 aliphatic heterocycles. The van der Waals surface area contributed by atoms with Crippen molar-refractivity contribution in [2.75, 3.05) is 7.11 Å². The first-order chi connectivity index (χ1) is 11.0. The van der Waals surface area contributed by atoms with Crippen molar-refractivity contribution in [3.63, 3.8) is 0 Å². The standard InChI is InChI=1S/C16H22ClN3O2S/c1-9(2)5-10(3)15(20-23-21)12-7-19-16(22-4)13-8-18-14(17)6-11(12)13/h6-10,15,23H,5H2,1-4H3,(H,20,21)/t10?,15-/m1/s1. The summed E-state index contributed by atoms with van der Waals surface area (Å²) in [6.07, 6.45) is 4.42. The third-order valence-corrected chi connectivity index (χ3v) is 4.46. The molecule has 0 saturated heterocycles. The van der Waals surface area contributed by atoms with E-state index in [9.17, 15) is 4.21 Å². The fraction of sp³-hybridized carbons (Fsp3) is 0.500. The van der Waals surface area contributed by atoms with Gasteiger partial charge in [-0.25, -0.2) is 18.9 Å². The highest BCUT2D eigenvalue weighted by Gasteiger charge is 2.23. The van der Waals surface area contributed by atoms with E-state index >= 15 is 0 Å². The normalized spacial score (nSPS) is 14.2. The lowest BCUT2D eigenvalue weighted by Gasteiger charge is -2.26. The number of halogens is 1. The van der Waals surface area contributed by atoms with Gasteiger partial charge in [-0.3, -0.25) is 0 Å². The molecule has 0 saturated carbocycles. The lowest BCUT2D eigenvalue weighted by molar-refractivity contribution is 0.363. The summed E-state index contributed by atoms with van der Waals surface area (Å²) in [5.74, 6) is 1.32. The van der Waals surface area contributed by atoms with Crippen LogP contribution in [0.15, 0.2) is 18.5 Å². The summed E-state index contributed by atoms with van der Waals surface area (Å²) >= 11 is 5.97. The van der Waals surface area contributed by atoms with Gasteiger partial charge in [-0.1, -0.05) is 32.4 Å². The Morgan fingerprint density at radius 3 is 2.61 bits per heavy atom. The highest BCUT2D eigenvalue weighted by Crippen LogP contribution is 2.35. The lowest BCUT2D eigenvalue weighted by atomic mass is 9.87. The van der Waals surface area contributed by atoms with Crippen molar-refractivity contribution in [3.05, 3.63) is 29.2 Å². The summed E-state index contributed by atoms with van der Waals surface area (Å²) in [5.41, 5.74) is 0.946. The number of nitrogens with one attached hydrogen (secondary N) is 1. The van der Waals surface area contributed by atoms with Crippen molar-refractivity contribution < 1.29 is 8.95 Å². The van der Waals surface area contributed by atoms with Crippen LogP contribution in [0.2, 0.25) is 5.15 Å². The van der Waals surface area contributed by atoms with Crippen molar-refractivity contribution in [2.24, 2.45) is 11.8 Å². The Balaban J connectivity index is 2.58. The average Bonchev–Trinajstić information content (AvgIpc) is 2.51. The third kappa shape index (κ3) is 4.19. The zero-order chi connectivity index (χ0) is 17.0. The number of pyridine rings is 2. The van der Waals surface area contributed by atoms with Gasteiger partial charge in [0, 0.05) is 18.4 Å². The summed E-state index contributed by atoms with van der Waals surface area (Å²) in [4.78, 5) is 8.49. The number of hydrogen-bond acceptors (Lipinski definition) is 4. The summed E-state index contributed by atoms with van der Waals surface area (Å²) in [5, 5.41) is 2.11. The van der Waals surface area contributed by atoms with E-state index in [1.54, 1.807) is 25.6 Å². The van der Waals surface area contributed by atoms with Gasteiger partial charge in [0.15, 0.2) is 0 Å². The van der Waals surface area contributed by atoms with Gasteiger partial charge < -0.3 is 4.74 Å². The van der Waals surface area contributed by atoms with Crippen molar-refractivity contribution in [2.45, 2.75) is 33.2 Å². The first kappa shape index (κ1) is 18.1. The third-order valence-electron chi connectivity index (χ3n) is 3.87. The van der Waals surface area contributed by atoms with E-state index in [1.165, 1.54) is 0 Å². The van der Waals surface area contributed by atoms with Crippen molar-refractivity contribution in [1.82, 2.24) is 14.7 Å². The fourth-order valence-corrected chi connectivity index (χ4v) is 3.62. The first-order valence-electron chi connectivity index (χ1n) is 7.54. The molecule has 2 rings (SSSR count). The SMILES string of the molecule is COc1ncc([C@H](N[SH]=O)C(C)CC(C)C)c2cc(Cl)ncc12. The van der Waals surface area contributed by atoms with E-state index < -0.39 is 0 Å².